The lowest BCUT2D eigenvalue weighted by Crippen LogP contribution is -2.39. The highest BCUT2D eigenvalue weighted by atomic mass is 79.9. The zero-order valence-electron chi connectivity index (χ0n) is 9.49. The predicted octanol–water partition coefficient (Wildman–Crippen LogP) is 1.67. The van der Waals surface area contributed by atoms with Gasteiger partial charge in [0.05, 0.1) is 4.47 Å². The maximum Gasteiger partial charge on any atom is 0.146 e. The number of rotatable bonds is 3. The third-order valence-electron chi connectivity index (χ3n) is 2.96. The first kappa shape index (κ1) is 11.8. The fourth-order valence-electron chi connectivity index (χ4n) is 2.25. The normalized spacial score (nSPS) is 21.1. The maximum absolute atomic E-state index is 4.34. The first-order valence-corrected chi connectivity index (χ1v) is 6.45. The standard InChI is InChI=1S/C11H17BrN4/c1-13-5-9-3-2-4-16(7-9)11-10(12)6-14-8-15-11/h6,8-9,13H,2-5,7H2,1H3. The average molecular weight is 285 g/mol. The van der Waals surface area contributed by atoms with E-state index in [1.54, 1.807) is 6.33 Å². The van der Waals surface area contributed by atoms with Gasteiger partial charge in [0.1, 0.15) is 12.1 Å². The Morgan fingerprint density at radius 2 is 2.50 bits per heavy atom. The minimum absolute atomic E-state index is 0.723. The Morgan fingerprint density at radius 3 is 3.25 bits per heavy atom. The quantitative estimate of drug-likeness (QED) is 0.917. The number of nitrogens with one attached hydrogen (secondary N) is 1. The Kier molecular flexibility index (Phi) is 4.12. The molecule has 1 fully saturated rings. The summed E-state index contributed by atoms with van der Waals surface area (Å²) in [5.74, 6) is 1.75. The molecular weight excluding hydrogens is 268 g/mol. The lowest BCUT2D eigenvalue weighted by molar-refractivity contribution is 0.401. The summed E-state index contributed by atoms with van der Waals surface area (Å²) in [6.07, 6.45) is 5.97. The van der Waals surface area contributed by atoms with E-state index in [2.05, 4.69) is 36.1 Å². The highest BCUT2D eigenvalue weighted by Gasteiger charge is 2.21. The van der Waals surface area contributed by atoms with Gasteiger partial charge in [-0.1, -0.05) is 0 Å². The van der Waals surface area contributed by atoms with Gasteiger partial charge in [-0.25, -0.2) is 9.97 Å². The first-order chi connectivity index (χ1) is 7.81. The van der Waals surface area contributed by atoms with Crippen molar-refractivity contribution in [3.05, 3.63) is 17.0 Å². The van der Waals surface area contributed by atoms with Crippen molar-refractivity contribution < 1.29 is 0 Å². The molecule has 2 rings (SSSR count). The van der Waals surface area contributed by atoms with Crippen LogP contribution in [-0.2, 0) is 0 Å². The average Bonchev–Trinajstić information content (AvgIpc) is 2.30. The smallest absolute Gasteiger partial charge is 0.146 e. The fourth-order valence-corrected chi connectivity index (χ4v) is 2.72. The van der Waals surface area contributed by atoms with Crippen LogP contribution in [0, 0.1) is 5.92 Å². The molecule has 1 saturated heterocycles. The van der Waals surface area contributed by atoms with Gasteiger partial charge in [-0.2, -0.15) is 0 Å². The van der Waals surface area contributed by atoms with Gasteiger partial charge in [-0.3, -0.25) is 0 Å². The molecule has 0 radical (unpaired) electrons. The van der Waals surface area contributed by atoms with Crippen LogP contribution in [0.3, 0.4) is 0 Å². The van der Waals surface area contributed by atoms with Crippen molar-refractivity contribution in [2.45, 2.75) is 12.8 Å². The van der Waals surface area contributed by atoms with Crippen molar-refractivity contribution in [1.82, 2.24) is 15.3 Å². The van der Waals surface area contributed by atoms with Crippen molar-refractivity contribution in [1.29, 1.82) is 0 Å². The van der Waals surface area contributed by atoms with E-state index in [1.807, 2.05) is 13.2 Å². The van der Waals surface area contributed by atoms with E-state index < -0.39 is 0 Å². The van der Waals surface area contributed by atoms with E-state index in [-0.39, 0.29) is 0 Å². The molecule has 0 amide bonds. The molecule has 2 heterocycles. The monoisotopic (exact) mass is 284 g/mol. The zero-order chi connectivity index (χ0) is 11.4. The van der Waals surface area contributed by atoms with E-state index in [0.717, 1.165) is 35.8 Å². The molecule has 0 aliphatic carbocycles. The molecule has 1 N–H and O–H groups in total. The van der Waals surface area contributed by atoms with E-state index in [9.17, 15) is 0 Å². The largest absolute Gasteiger partial charge is 0.355 e. The first-order valence-electron chi connectivity index (χ1n) is 5.66. The van der Waals surface area contributed by atoms with Gasteiger partial charge < -0.3 is 10.2 Å². The van der Waals surface area contributed by atoms with Crippen LogP contribution in [0.15, 0.2) is 17.0 Å². The highest BCUT2D eigenvalue weighted by Crippen LogP contribution is 2.26. The van der Waals surface area contributed by atoms with Crippen LogP contribution in [0.4, 0.5) is 5.82 Å². The van der Waals surface area contributed by atoms with Crippen molar-refractivity contribution in [2.75, 3.05) is 31.6 Å². The summed E-state index contributed by atoms with van der Waals surface area (Å²) in [6, 6.07) is 0. The van der Waals surface area contributed by atoms with Gasteiger partial charge in [0.15, 0.2) is 0 Å². The molecule has 1 unspecified atom stereocenters. The van der Waals surface area contributed by atoms with Crippen LogP contribution in [-0.4, -0.2) is 36.6 Å². The van der Waals surface area contributed by atoms with Gasteiger partial charge in [0.2, 0.25) is 0 Å². The molecule has 1 aromatic heterocycles. The van der Waals surface area contributed by atoms with Gasteiger partial charge in [0.25, 0.3) is 0 Å². The van der Waals surface area contributed by atoms with Crippen molar-refractivity contribution in [3.63, 3.8) is 0 Å². The summed E-state index contributed by atoms with van der Waals surface area (Å²) in [7, 11) is 2.01. The Hall–Kier alpha value is -0.680. The third kappa shape index (κ3) is 2.71. The lowest BCUT2D eigenvalue weighted by atomic mass is 9.98. The molecule has 88 valence electrons. The second-order valence-corrected chi connectivity index (χ2v) is 5.06. The maximum atomic E-state index is 4.34. The van der Waals surface area contributed by atoms with Gasteiger partial charge >= 0.3 is 0 Å². The molecule has 16 heavy (non-hydrogen) atoms. The van der Waals surface area contributed by atoms with Crippen LogP contribution < -0.4 is 10.2 Å². The minimum atomic E-state index is 0.723. The zero-order valence-corrected chi connectivity index (χ0v) is 11.1. The number of hydrogen-bond donors (Lipinski definition) is 1. The summed E-state index contributed by atoms with van der Waals surface area (Å²) in [6.45, 7) is 3.26. The lowest BCUT2D eigenvalue weighted by Gasteiger charge is -2.33. The summed E-state index contributed by atoms with van der Waals surface area (Å²) < 4.78 is 0.986. The van der Waals surface area contributed by atoms with Crippen LogP contribution in [0.5, 0.6) is 0 Å². The van der Waals surface area contributed by atoms with E-state index in [1.165, 1.54) is 12.8 Å². The predicted molar refractivity (Wildman–Crippen MR) is 68.6 cm³/mol. The van der Waals surface area contributed by atoms with Gasteiger partial charge in [0, 0.05) is 19.3 Å². The molecule has 0 saturated carbocycles. The molecule has 5 heteroatoms. The second-order valence-electron chi connectivity index (χ2n) is 4.21. The molecule has 1 aliphatic rings. The molecule has 1 aliphatic heterocycles. The summed E-state index contributed by atoms with van der Waals surface area (Å²) in [5, 5.41) is 3.25. The van der Waals surface area contributed by atoms with Gasteiger partial charge in [-0.15, -0.1) is 0 Å². The van der Waals surface area contributed by atoms with E-state index >= 15 is 0 Å². The number of halogens is 1. The van der Waals surface area contributed by atoms with Crippen LogP contribution in [0.1, 0.15) is 12.8 Å². The Bertz CT molecular complexity index is 343. The van der Waals surface area contributed by atoms with Crippen LogP contribution in [0.25, 0.3) is 0 Å². The van der Waals surface area contributed by atoms with Crippen molar-refractivity contribution in [2.24, 2.45) is 5.92 Å². The number of hydrogen-bond acceptors (Lipinski definition) is 4. The molecule has 1 atom stereocenters. The summed E-state index contributed by atoms with van der Waals surface area (Å²) >= 11 is 3.51. The van der Waals surface area contributed by atoms with E-state index in [0.29, 0.717) is 0 Å². The Balaban J connectivity index is 2.07. The Labute approximate surface area is 105 Å². The Morgan fingerprint density at radius 1 is 1.62 bits per heavy atom. The molecule has 0 aromatic carbocycles. The van der Waals surface area contributed by atoms with Crippen LogP contribution >= 0.6 is 15.9 Å². The minimum Gasteiger partial charge on any atom is -0.355 e. The second kappa shape index (κ2) is 5.59. The van der Waals surface area contributed by atoms with Gasteiger partial charge in [-0.05, 0) is 48.3 Å². The highest BCUT2D eigenvalue weighted by molar-refractivity contribution is 9.10. The molecule has 1 aromatic rings. The number of anilines is 1. The molecular formula is C11H17BrN4. The van der Waals surface area contributed by atoms with Crippen molar-refractivity contribution in [3.8, 4) is 0 Å². The number of piperidine rings is 1. The third-order valence-corrected chi connectivity index (χ3v) is 3.52. The molecule has 4 nitrogen and oxygen atoms in total. The van der Waals surface area contributed by atoms with Crippen LogP contribution in [0.2, 0.25) is 0 Å². The molecule has 0 bridgehead atoms. The molecule has 0 spiro atoms. The van der Waals surface area contributed by atoms with Crippen molar-refractivity contribution >= 4 is 21.7 Å². The fraction of sp³-hybridized carbons (Fsp3) is 0.636. The SMILES string of the molecule is CNCC1CCCN(c2ncncc2Br)C1. The number of aromatic nitrogens is 2. The summed E-state index contributed by atoms with van der Waals surface area (Å²) in [4.78, 5) is 10.7. The van der Waals surface area contributed by atoms with E-state index in [4.69, 9.17) is 0 Å². The summed E-state index contributed by atoms with van der Waals surface area (Å²) in [5.41, 5.74) is 0. The topological polar surface area (TPSA) is 41.0 Å². The number of nitrogens with zero attached hydrogens (tertiary/aromatic N) is 3.